The van der Waals surface area contributed by atoms with Crippen LogP contribution in [0.5, 0.6) is 0 Å². The number of aromatic amines is 1. The first-order valence-corrected chi connectivity index (χ1v) is 8.90. The lowest BCUT2D eigenvalue weighted by Gasteiger charge is -2.10. The van der Waals surface area contributed by atoms with Gasteiger partial charge < -0.3 is 14.9 Å². The first-order chi connectivity index (χ1) is 13.2. The number of rotatable bonds is 5. The number of aromatic nitrogens is 1. The first kappa shape index (κ1) is 17.2. The second-order valence-electron chi connectivity index (χ2n) is 6.62. The van der Waals surface area contributed by atoms with Crippen molar-refractivity contribution in [1.29, 1.82) is 0 Å². The molecule has 0 unspecified atom stereocenters. The van der Waals surface area contributed by atoms with Crippen LogP contribution in [0.4, 0.5) is 0 Å². The van der Waals surface area contributed by atoms with Crippen molar-refractivity contribution in [3.05, 3.63) is 82.7 Å². The van der Waals surface area contributed by atoms with Gasteiger partial charge in [-0.1, -0.05) is 47.6 Å². The third-order valence-electron chi connectivity index (χ3n) is 4.79. The van der Waals surface area contributed by atoms with Crippen molar-refractivity contribution in [2.75, 3.05) is 6.61 Å². The van der Waals surface area contributed by atoms with E-state index in [9.17, 15) is 9.90 Å². The highest BCUT2D eigenvalue weighted by atomic mass is 16.6. The smallest absolute Gasteiger partial charge is 0.256 e. The van der Waals surface area contributed by atoms with Crippen LogP contribution < -0.4 is 5.56 Å². The largest absolute Gasteiger partial charge is 0.392 e. The molecule has 0 saturated carbocycles. The van der Waals surface area contributed by atoms with Crippen LogP contribution in [0, 0.1) is 0 Å². The maximum absolute atomic E-state index is 12.7. The van der Waals surface area contributed by atoms with Gasteiger partial charge in [-0.25, -0.2) is 0 Å². The molecule has 0 amide bonds. The number of aliphatic hydroxyl groups excluding tert-OH is 1. The van der Waals surface area contributed by atoms with Crippen LogP contribution in [0.3, 0.4) is 0 Å². The summed E-state index contributed by atoms with van der Waals surface area (Å²) in [6.07, 6.45) is 2.82. The summed E-state index contributed by atoms with van der Waals surface area (Å²) in [7, 11) is 0. The van der Waals surface area contributed by atoms with E-state index in [-0.39, 0.29) is 18.3 Å². The van der Waals surface area contributed by atoms with E-state index in [2.05, 4.69) is 16.7 Å². The van der Waals surface area contributed by atoms with Gasteiger partial charge >= 0.3 is 0 Å². The Hall–Kier alpha value is -3.18. The predicted octanol–water partition coefficient (Wildman–Crippen LogP) is 3.41. The molecule has 5 nitrogen and oxygen atoms in total. The van der Waals surface area contributed by atoms with Crippen molar-refractivity contribution >= 4 is 16.5 Å². The van der Waals surface area contributed by atoms with E-state index in [4.69, 9.17) is 4.84 Å². The molecule has 0 spiro atoms. The molecule has 1 atom stereocenters. The fourth-order valence-electron chi connectivity index (χ4n) is 3.40. The summed E-state index contributed by atoms with van der Waals surface area (Å²) in [6.45, 7) is 3.73. The Kier molecular flexibility index (Phi) is 4.60. The minimum Gasteiger partial charge on any atom is -0.392 e. The van der Waals surface area contributed by atoms with Gasteiger partial charge in [0.2, 0.25) is 0 Å². The third kappa shape index (κ3) is 3.29. The highest BCUT2D eigenvalue weighted by Crippen LogP contribution is 2.25. The van der Waals surface area contributed by atoms with Crippen LogP contribution >= 0.6 is 0 Å². The molecule has 136 valence electrons. The van der Waals surface area contributed by atoms with Gasteiger partial charge in [-0.3, -0.25) is 4.79 Å². The predicted molar refractivity (Wildman–Crippen MR) is 107 cm³/mol. The molecule has 2 heterocycles. The summed E-state index contributed by atoms with van der Waals surface area (Å²) in [5, 5.41) is 14.7. The molecule has 1 aliphatic rings. The summed E-state index contributed by atoms with van der Waals surface area (Å²) >= 11 is 0. The van der Waals surface area contributed by atoms with Gasteiger partial charge in [0.05, 0.1) is 12.3 Å². The van der Waals surface area contributed by atoms with E-state index in [0.29, 0.717) is 11.8 Å². The highest BCUT2D eigenvalue weighted by Gasteiger charge is 2.21. The molecular weight excluding hydrogens is 340 g/mol. The summed E-state index contributed by atoms with van der Waals surface area (Å²) in [5.74, 6) is 0. The van der Waals surface area contributed by atoms with E-state index in [1.807, 2.05) is 54.6 Å². The van der Waals surface area contributed by atoms with Crippen molar-refractivity contribution in [1.82, 2.24) is 4.98 Å². The molecule has 27 heavy (non-hydrogen) atoms. The quantitative estimate of drug-likeness (QED) is 0.685. The minimum absolute atomic E-state index is 0.0748. The molecule has 4 rings (SSSR count). The zero-order valence-electron chi connectivity index (χ0n) is 14.8. The van der Waals surface area contributed by atoms with E-state index in [0.717, 1.165) is 39.9 Å². The van der Waals surface area contributed by atoms with Crippen LogP contribution in [-0.2, 0) is 11.3 Å². The average Bonchev–Trinajstić information content (AvgIpc) is 3.18. The minimum atomic E-state index is -0.308. The summed E-state index contributed by atoms with van der Waals surface area (Å²) < 4.78 is 0. The molecule has 0 radical (unpaired) electrons. The second kappa shape index (κ2) is 7.21. The van der Waals surface area contributed by atoms with Crippen molar-refractivity contribution in [3.8, 4) is 11.3 Å². The second-order valence-corrected chi connectivity index (χ2v) is 6.62. The summed E-state index contributed by atoms with van der Waals surface area (Å²) in [6, 6.07) is 15.7. The monoisotopic (exact) mass is 360 g/mol. The van der Waals surface area contributed by atoms with Gasteiger partial charge in [-0.05, 0) is 29.5 Å². The fraction of sp³-hybridized carbons (Fsp3) is 0.182. The topological polar surface area (TPSA) is 74.7 Å². The molecule has 5 heteroatoms. The molecule has 0 saturated heterocycles. The van der Waals surface area contributed by atoms with E-state index >= 15 is 0 Å². The Balaban J connectivity index is 1.77. The Morgan fingerprint density at radius 3 is 2.89 bits per heavy atom. The number of allylic oxidation sites excluding steroid dienone is 1. The molecule has 1 aromatic heterocycles. The Bertz CT molecular complexity index is 1100. The molecule has 3 aromatic rings. The van der Waals surface area contributed by atoms with E-state index in [1.165, 1.54) is 0 Å². The lowest BCUT2D eigenvalue weighted by atomic mass is 9.98. The van der Waals surface area contributed by atoms with Gasteiger partial charge in [-0.2, -0.15) is 0 Å². The SMILES string of the molecule is C=CCc1ccccc1-c1cc2ccc(C3=NO[C@@H](CO)C3)cc2c(=O)[nH]1. The molecule has 2 aromatic carbocycles. The van der Waals surface area contributed by atoms with Crippen molar-refractivity contribution in [2.24, 2.45) is 5.16 Å². The third-order valence-corrected chi connectivity index (χ3v) is 4.79. The van der Waals surface area contributed by atoms with Gasteiger partial charge in [0.25, 0.3) is 5.56 Å². The number of oxime groups is 1. The molecule has 0 bridgehead atoms. The Labute approximate surface area is 156 Å². The lowest BCUT2D eigenvalue weighted by Crippen LogP contribution is -2.13. The Morgan fingerprint density at radius 2 is 2.11 bits per heavy atom. The van der Waals surface area contributed by atoms with Crippen molar-refractivity contribution in [2.45, 2.75) is 18.9 Å². The molecular formula is C22H20N2O3. The molecule has 2 N–H and O–H groups in total. The van der Waals surface area contributed by atoms with Gasteiger partial charge in [0.15, 0.2) is 6.10 Å². The zero-order valence-corrected chi connectivity index (χ0v) is 14.8. The number of H-pyrrole nitrogens is 1. The number of aliphatic hydroxyl groups is 1. The number of benzene rings is 2. The maximum atomic E-state index is 12.7. The normalized spacial score (nSPS) is 16.2. The number of nitrogens with one attached hydrogen (secondary N) is 1. The fourth-order valence-corrected chi connectivity index (χ4v) is 3.40. The Morgan fingerprint density at radius 1 is 1.26 bits per heavy atom. The number of hydrogen-bond acceptors (Lipinski definition) is 4. The number of hydrogen-bond donors (Lipinski definition) is 2. The first-order valence-electron chi connectivity index (χ1n) is 8.90. The standard InChI is InChI=1S/C22H20N2O3/c1-2-5-14-6-3-4-7-18(14)21-11-15-8-9-16(10-19(15)22(26)23-21)20-12-17(13-25)27-24-20/h2-4,6-11,17,25H,1,5,12-13H2,(H,23,26)/t17-/m1/s1. The lowest BCUT2D eigenvalue weighted by molar-refractivity contribution is 0.0390. The zero-order chi connectivity index (χ0) is 18.8. The number of nitrogens with zero attached hydrogens (tertiary/aromatic N) is 1. The van der Waals surface area contributed by atoms with Crippen LogP contribution in [0.25, 0.3) is 22.0 Å². The number of pyridine rings is 1. The van der Waals surface area contributed by atoms with Gasteiger partial charge in [-0.15, -0.1) is 6.58 Å². The van der Waals surface area contributed by atoms with Crippen molar-refractivity contribution in [3.63, 3.8) is 0 Å². The van der Waals surface area contributed by atoms with Crippen LogP contribution in [0.2, 0.25) is 0 Å². The molecule has 1 aliphatic heterocycles. The highest BCUT2D eigenvalue weighted by molar-refractivity contribution is 6.04. The number of fused-ring (bicyclic) bond motifs is 1. The average molecular weight is 360 g/mol. The van der Waals surface area contributed by atoms with Crippen LogP contribution in [-0.4, -0.2) is 28.5 Å². The van der Waals surface area contributed by atoms with Gasteiger partial charge in [0, 0.05) is 28.6 Å². The van der Waals surface area contributed by atoms with E-state index in [1.54, 1.807) is 0 Å². The van der Waals surface area contributed by atoms with Gasteiger partial charge in [0.1, 0.15) is 0 Å². The molecule has 0 fully saturated rings. The summed E-state index contributed by atoms with van der Waals surface area (Å²) in [5.41, 5.74) is 4.35. The molecule has 0 aliphatic carbocycles. The van der Waals surface area contributed by atoms with Crippen LogP contribution in [0.1, 0.15) is 17.5 Å². The van der Waals surface area contributed by atoms with Crippen molar-refractivity contribution < 1.29 is 9.94 Å². The maximum Gasteiger partial charge on any atom is 0.256 e. The van der Waals surface area contributed by atoms with Crippen LogP contribution in [0.15, 0.2) is 71.1 Å². The summed E-state index contributed by atoms with van der Waals surface area (Å²) in [4.78, 5) is 20.9. The van der Waals surface area contributed by atoms with E-state index < -0.39 is 0 Å².